The lowest BCUT2D eigenvalue weighted by Gasteiger charge is -2.06. The summed E-state index contributed by atoms with van der Waals surface area (Å²) in [7, 11) is -3.84. The van der Waals surface area contributed by atoms with Crippen LogP contribution in [0.3, 0.4) is 0 Å². The Kier molecular flexibility index (Phi) is 4.80. The van der Waals surface area contributed by atoms with E-state index in [1.54, 1.807) is 5.38 Å². The summed E-state index contributed by atoms with van der Waals surface area (Å²) in [6, 6.07) is 11.0. The number of aryl methyl sites for hydroxylation is 2. The second-order valence-electron chi connectivity index (χ2n) is 5.79. The Morgan fingerprint density at radius 1 is 1.12 bits per heavy atom. The number of benzene rings is 2. The van der Waals surface area contributed by atoms with Crippen LogP contribution < -0.4 is 4.72 Å². The third-order valence-corrected chi connectivity index (χ3v) is 6.05. The van der Waals surface area contributed by atoms with Crippen LogP contribution in [0.5, 0.6) is 0 Å². The van der Waals surface area contributed by atoms with Crippen molar-refractivity contribution in [1.82, 2.24) is 4.98 Å². The van der Waals surface area contributed by atoms with Gasteiger partial charge in [0, 0.05) is 10.9 Å². The molecule has 0 aliphatic carbocycles. The van der Waals surface area contributed by atoms with Gasteiger partial charge in [-0.05, 0) is 49.7 Å². The maximum atomic E-state index is 12.5. The number of anilines is 1. The van der Waals surface area contributed by atoms with Gasteiger partial charge in [0.2, 0.25) is 0 Å². The summed E-state index contributed by atoms with van der Waals surface area (Å²) in [6.07, 6.45) is 0. The molecule has 1 aromatic heterocycles. The molecular weight excluding hydrogens is 372 g/mol. The zero-order valence-corrected chi connectivity index (χ0v) is 15.7. The lowest BCUT2D eigenvalue weighted by atomic mass is 10.0. The fraction of sp³-hybridized carbons (Fsp3) is 0.111. The summed E-state index contributed by atoms with van der Waals surface area (Å²) in [6.45, 7) is 3.96. The van der Waals surface area contributed by atoms with Crippen LogP contribution >= 0.6 is 11.3 Å². The average molecular weight is 388 g/mol. The molecule has 8 heteroatoms. The van der Waals surface area contributed by atoms with Crippen molar-refractivity contribution in [2.24, 2.45) is 0 Å². The molecule has 0 spiro atoms. The maximum absolute atomic E-state index is 12.5. The van der Waals surface area contributed by atoms with Crippen molar-refractivity contribution >= 4 is 32.5 Å². The number of nitrogens with one attached hydrogen (secondary N) is 1. The first kappa shape index (κ1) is 18.1. The summed E-state index contributed by atoms with van der Waals surface area (Å²) < 4.78 is 27.4. The molecular formula is C18H16N2O4S2. The maximum Gasteiger partial charge on any atom is 0.335 e. The molecule has 26 heavy (non-hydrogen) atoms. The summed E-state index contributed by atoms with van der Waals surface area (Å²) in [5.41, 5.74) is 3.84. The lowest BCUT2D eigenvalue weighted by Crippen LogP contribution is -2.13. The van der Waals surface area contributed by atoms with Gasteiger partial charge in [0.05, 0.1) is 16.2 Å². The molecule has 0 unspecified atom stereocenters. The Morgan fingerprint density at radius 3 is 2.46 bits per heavy atom. The van der Waals surface area contributed by atoms with Crippen LogP contribution in [0.1, 0.15) is 21.5 Å². The third-order valence-electron chi connectivity index (χ3n) is 3.81. The quantitative estimate of drug-likeness (QED) is 0.690. The van der Waals surface area contributed by atoms with Crippen molar-refractivity contribution in [1.29, 1.82) is 0 Å². The Labute approximate surface area is 155 Å². The van der Waals surface area contributed by atoms with Crippen LogP contribution in [0.2, 0.25) is 0 Å². The highest BCUT2D eigenvalue weighted by Crippen LogP contribution is 2.29. The number of sulfonamides is 1. The minimum atomic E-state index is -3.84. The van der Waals surface area contributed by atoms with Crippen molar-refractivity contribution in [2.45, 2.75) is 18.7 Å². The van der Waals surface area contributed by atoms with E-state index in [0.717, 1.165) is 16.7 Å². The van der Waals surface area contributed by atoms with E-state index in [0.29, 0.717) is 5.69 Å². The normalized spacial score (nSPS) is 11.3. The van der Waals surface area contributed by atoms with E-state index in [4.69, 9.17) is 5.11 Å². The van der Waals surface area contributed by atoms with Gasteiger partial charge in [0.25, 0.3) is 10.0 Å². The van der Waals surface area contributed by atoms with Gasteiger partial charge in [0.1, 0.15) is 0 Å². The number of aromatic nitrogens is 1. The monoisotopic (exact) mass is 388 g/mol. The number of carboxylic acids is 1. The van der Waals surface area contributed by atoms with Crippen LogP contribution in [0.25, 0.3) is 11.3 Å². The number of carbonyl (C=O) groups is 1. The van der Waals surface area contributed by atoms with Crippen molar-refractivity contribution < 1.29 is 18.3 Å². The van der Waals surface area contributed by atoms with Gasteiger partial charge in [-0.2, -0.15) is 0 Å². The minimum absolute atomic E-state index is 0.0222. The van der Waals surface area contributed by atoms with E-state index in [1.165, 1.54) is 35.6 Å². The van der Waals surface area contributed by atoms with E-state index in [-0.39, 0.29) is 15.6 Å². The van der Waals surface area contributed by atoms with Gasteiger partial charge < -0.3 is 5.11 Å². The number of hydrogen-bond acceptors (Lipinski definition) is 5. The van der Waals surface area contributed by atoms with Crippen LogP contribution in [-0.2, 0) is 10.0 Å². The number of hydrogen-bond donors (Lipinski definition) is 2. The first-order valence-corrected chi connectivity index (χ1v) is 10.0. The smallest absolute Gasteiger partial charge is 0.335 e. The molecule has 6 nitrogen and oxygen atoms in total. The summed E-state index contributed by atoms with van der Waals surface area (Å²) >= 11 is 1.19. The van der Waals surface area contributed by atoms with Crippen molar-refractivity contribution in [2.75, 3.05) is 4.72 Å². The molecule has 1 heterocycles. The molecule has 0 atom stereocenters. The standard InChI is InChI=1S/C18H16N2O4S2/c1-11-3-4-12(2)15(9-11)16-10-25-18(19-16)20-26(23,24)14-7-5-13(6-8-14)17(21)22/h3-10H,1-2H3,(H,19,20)(H,21,22). The highest BCUT2D eigenvalue weighted by Gasteiger charge is 2.17. The molecule has 0 fully saturated rings. The number of rotatable bonds is 5. The molecule has 0 bridgehead atoms. The van der Waals surface area contributed by atoms with Crippen molar-refractivity contribution in [3.05, 3.63) is 64.5 Å². The summed E-state index contributed by atoms with van der Waals surface area (Å²) in [4.78, 5) is 15.2. The highest BCUT2D eigenvalue weighted by atomic mass is 32.2. The molecule has 2 aromatic carbocycles. The van der Waals surface area contributed by atoms with Crippen LogP contribution in [0.15, 0.2) is 52.7 Å². The molecule has 3 aromatic rings. The summed E-state index contributed by atoms with van der Waals surface area (Å²) in [5, 5.41) is 10.9. The SMILES string of the molecule is Cc1ccc(C)c(-c2csc(NS(=O)(=O)c3ccc(C(=O)O)cc3)n2)c1. The average Bonchev–Trinajstić information content (AvgIpc) is 3.04. The fourth-order valence-corrected chi connectivity index (χ4v) is 4.37. The zero-order chi connectivity index (χ0) is 18.9. The van der Waals surface area contributed by atoms with Gasteiger partial charge in [-0.25, -0.2) is 18.2 Å². The van der Waals surface area contributed by atoms with Crippen molar-refractivity contribution in [3.8, 4) is 11.3 Å². The number of nitrogens with zero attached hydrogens (tertiary/aromatic N) is 1. The molecule has 0 amide bonds. The van der Waals surface area contributed by atoms with Gasteiger partial charge in [0.15, 0.2) is 5.13 Å². The van der Waals surface area contributed by atoms with Crippen LogP contribution in [-0.4, -0.2) is 24.5 Å². The number of thiazole rings is 1. The Hall–Kier alpha value is -2.71. The van der Waals surface area contributed by atoms with E-state index in [1.807, 2.05) is 32.0 Å². The molecule has 134 valence electrons. The third kappa shape index (κ3) is 3.76. The zero-order valence-electron chi connectivity index (χ0n) is 14.1. The molecule has 0 saturated heterocycles. The van der Waals surface area contributed by atoms with E-state index in [2.05, 4.69) is 9.71 Å². The lowest BCUT2D eigenvalue weighted by molar-refractivity contribution is 0.0696. The first-order valence-electron chi connectivity index (χ1n) is 7.65. The van der Waals surface area contributed by atoms with E-state index < -0.39 is 16.0 Å². The molecule has 0 radical (unpaired) electrons. The Bertz CT molecular complexity index is 1070. The van der Waals surface area contributed by atoms with Gasteiger partial charge in [-0.3, -0.25) is 4.72 Å². The van der Waals surface area contributed by atoms with Gasteiger partial charge in [-0.15, -0.1) is 11.3 Å². The van der Waals surface area contributed by atoms with E-state index >= 15 is 0 Å². The predicted octanol–water partition coefficient (Wildman–Crippen LogP) is 3.93. The number of aromatic carboxylic acids is 1. The predicted molar refractivity (Wildman–Crippen MR) is 101 cm³/mol. The van der Waals surface area contributed by atoms with E-state index in [9.17, 15) is 13.2 Å². The van der Waals surface area contributed by atoms with Crippen molar-refractivity contribution in [3.63, 3.8) is 0 Å². The molecule has 2 N–H and O–H groups in total. The molecule has 0 aliphatic rings. The second kappa shape index (κ2) is 6.89. The molecule has 3 rings (SSSR count). The minimum Gasteiger partial charge on any atom is -0.478 e. The van der Waals surface area contributed by atoms with Gasteiger partial charge in [-0.1, -0.05) is 17.7 Å². The topological polar surface area (TPSA) is 96.4 Å². The largest absolute Gasteiger partial charge is 0.478 e. The summed E-state index contributed by atoms with van der Waals surface area (Å²) in [5.74, 6) is -1.11. The molecule has 0 aliphatic heterocycles. The van der Waals surface area contributed by atoms with Crippen LogP contribution in [0, 0.1) is 13.8 Å². The second-order valence-corrected chi connectivity index (χ2v) is 8.33. The highest BCUT2D eigenvalue weighted by molar-refractivity contribution is 7.93. The fourth-order valence-electron chi connectivity index (χ4n) is 2.41. The Morgan fingerprint density at radius 2 is 1.81 bits per heavy atom. The Balaban J connectivity index is 1.86. The molecule has 0 saturated carbocycles. The first-order chi connectivity index (χ1) is 12.3. The van der Waals surface area contributed by atoms with Gasteiger partial charge >= 0.3 is 5.97 Å². The number of carboxylic acid groups (broad SMARTS) is 1. The van der Waals surface area contributed by atoms with Crippen LogP contribution in [0.4, 0.5) is 5.13 Å².